The fourth-order valence-electron chi connectivity index (χ4n) is 2.01. The van der Waals surface area contributed by atoms with Crippen molar-refractivity contribution >= 4 is 15.9 Å². The monoisotopic (exact) mass is 334 g/mol. The highest BCUT2D eigenvalue weighted by atomic mass is 32.2. The van der Waals surface area contributed by atoms with Gasteiger partial charge in [0.15, 0.2) is 11.5 Å². The Labute approximate surface area is 133 Å². The molecule has 2 aromatic rings. The summed E-state index contributed by atoms with van der Waals surface area (Å²) in [5.41, 5.74) is 2.14. The summed E-state index contributed by atoms with van der Waals surface area (Å²) in [6.45, 7) is -0.00406. The van der Waals surface area contributed by atoms with E-state index in [1.165, 1.54) is 12.1 Å². The van der Waals surface area contributed by atoms with E-state index in [2.05, 4.69) is 5.43 Å². The number of amides is 1. The van der Waals surface area contributed by atoms with E-state index in [-0.39, 0.29) is 11.5 Å². The first-order chi connectivity index (χ1) is 11.1. The summed E-state index contributed by atoms with van der Waals surface area (Å²) in [5.74, 6) is 0.338. The predicted octanol–water partition coefficient (Wildman–Crippen LogP) is 0.836. The van der Waals surface area contributed by atoms with Gasteiger partial charge in [-0.1, -0.05) is 30.3 Å². The lowest BCUT2D eigenvalue weighted by atomic mass is 10.2. The summed E-state index contributed by atoms with van der Waals surface area (Å²) >= 11 is 0. The van der Waals surface area contributed by atoms with Gasteiger partial charge in [-0.25, -0.2) is 8.42 Å². The van der Waals surface area contributed by atoms with Crippen molar-refractivity contribution in [2.75, 3.05) is 6.61 Å². The Hall–Kier alpha value is -2.58. The van der Waals surface area contributed by atoms with Crippen molar-refractivity contribution in [3.63, 3.8) is 0 Å². The zero-order valence-corrected chi connectivity index (χ0v) is 12.7. The number of hydrogen-bond acceptors (Lipinski definition) is 5. The topological polar surface area (TPSA) is 93.7 Å². The minimum Gasteiger partial charge on any atom is -0.485 e. The largest absolute Gasteiger partial charge is 0.485 e. The lowest BCUT2D eigenvalue weighted by Crippen LogP contribution is -2.50. The van der Waals surface area contributed by atoms with Crippen LogP contribution in [0.15, 0.2) is 59.5 Å². The maximum atomic E-state index is 12.0. The molecule has 0 saturated carbocycles. The molecular formula is C15H14N2O5S. The summed E-state index contributed by atoms with van der Waals surface area (Å²) in [5, 5.41) is 0. The highest BCUT2D eigenvalue weighted by molar-refractivity contribution is 7.89. The van der Waals surface area contributed by atoms with Gasteiger partial charge in [-0.05, 0) is 24.3 Å². The third-order valence-corrected chi connectivity index (χ3v) is 4.43. The number of ether oxygens (including phenoxy) is 2. The third-order valence-electron chi connectivity index (χ3n) is 3.16. The second kappa shape index (κ2) is 6.27. The Morgan fingerprint density at radius 1 is 1.00 bits per heavy atom. The first kappa shape index (κ1) is 15.3. The van der Waals surface area contributed by atoms with Crippen molar-refractivity contribution in [2.24, 2.45) is 0 Å². The number of para-hydroxylation sites is 2. The molecule has 1 aliphatic heterocycles. The van der Waals surface area contributed by atoms with Crippen LogP contribution < -0.4 is 19.7 Å². The number of fused-ring (bicyclic) bond motifs is 1. The summed E-state index contributed by atoms with van der Waals surface area (Å²) in [4.78, 5) is 14.1. The molecule has 2 N–H and O–H groups in total. The van der Waals surface area contributed by atoms with Crippen LogP contribution in [-0.4, -0.2) is 27.0 Å². The number of benzene rings is 2. The molecule has 0 saturated heterocycles. The van der Waals surface area contributed by atoms with Crippen molar-refractivity contribution in [3.05, 3.63) is 54.6 Å². The molecule has 3 rings (SSSR count). The van der Waals surface area contributed by atoms with Crippen LogP contribution in [0.1, 0.15) is 0 Å². The summed E-state index contributed by atoms with van der Waals surface area (Å²) in [6, 6.07) is 14.6. The number of carbonyl (C=O) groups is 1. The zero-order chi connectivity index (χ0) is 16.3. The molecular weight excluding hydrogens is 320 g/mol. The Bertz CT molecular complexity index is 808. The minimum absolute atomic E-state index is 0.00406. The van der Waals surface area contributed by atoms with E-state index < -0.39 is 22.0 Å². The van der Waals surface area contributed by atoms with Crippen LogP contribution in [0.3, 0.4) is 0 Å². The van der Waals surface area contributed by atoms with Gasteiger partial charge in [-0.3, -0.25) is 10.2 Å². The molecule has 1 aliphatic rings. The summed E-state index contributed by atoms with van der Waals surface area (Å²) in [7, 11) is -3.83. The molecule has 1 atom stereocenters. The SMILES string of the molecule is O=C(NNS(=O)(=O)c1ccccc1)[C@@H]1COc2ccccc2O1. The average molecular weight is 334 g/mol. The standard InChI is InChI=1S/C15H14N2O5S/c18-15(14-10-21-12-8-4-5-9-13(12)22-14)16-17-23(19,20)11-6-2-1-3-7-11/h1-9,14,17H,10H2,(H,16,18)/t14-/m0/s1. The highest BCUT2D eigenvalue weighted by Gasteiger charge is 2.28. The predicted molar refractivity (Wildman–Crippen MR) is 81.3 cm³/mol. The lowest BCUT2D eigenvalue weighted by Gasteiger charge is -2.25. The van der Waals surface area contributed by atoms with Crippen LogP contribution in [0, 0.1) is 0 Å². The molecule has 0 radical (unpaired) electrons. The van der Waals surface area contributed by atoms with Gasteiger partial charge in [-0.15, -0.1) is 4.83 Å². The van der Waals surface area contributed by atoms with Crippen LogP contribution in [0.25, 0.3) is 0 Å². The molecule has 0 bridgehead atoms. The summed E-state index contributed by atoms with van der Waals surface area (Å²) in [6.07, 6.45) is -0.941. The van der Waals surface area contributed by atoms with Crippen LogP contribution in [0.2, 0.25) is 0 Å². The number of carbonyl (C=O) groups excluding carboxylic acids is 1. The molecule has 8 heteroatoms. The molecule has 0 aliphatic carbocycles. The first-order valence-corrected chi connectivity index (χ1v) is 8.30. The molecule has 120 valence electrons. The molecule has 0 aromatic heterocycles. The van der Waals surface area contributed by atoms with Crippen LogP contribution >= 0.6 is 0 Å². The van der Waals surface area contributed by atoms with E-state index in [0.717, 1.165) is 0 Å². The van der Waals surface area contributed by atoms with Gasteiger partial charge in [0, 0.05) is 0 Å². The molecule has 1 amide bonds. The number of hydrogen-bond donors (Lipinski definition) is 2. The lowest BCUT2D eigenvalue weighted by molar-refractivity contribution is -0.130. The molecule has 1 heterocycles. The van der Waals surface area contributed by atoms with Gasteiger partial charge in [0.25, 0.3) is 15.9 Å². The maximum Gasteiger partial charge on any atom is 0.279 e. The van der Waals surface area contributed by atoms with Gasteiger partial charge in [0.2, 0.25) is 6.10 Å². The number of sulfonamides is 1. The van der Waals surface area contributed by atoms with E-state index in [4.69, 9.17) is 9.47 Å². The smallest absolute Gasteiger partial charge is 0.279 e. The van der Waals surface area contributed by atoms with Gasteiger partial charge in [0.05, 0.1) is 4.90 Å². The van der Waals surface area contributed by atoms with E-state index in [1.807, 2.05) is 4.83 Å². The minimum atomic E-state index is -3.83. The number of nitrogens with one attached hydrogen (secondary N) is 2. The molecule has 0 spiro atoms. The third kappa shape index (κ3) is 3.43. The average Bonchev–Trinajstić information content (AvgIpc) is 2.60. The molecule has 23 heavy (non-hydrogen) atoms. The fourth-order valence-corrected chi connectivity index (χ4v) is 2.87. The van der Waals surface area contributed by atoms with E-state index in [1.54, 1.807) is 42.5 Å². The number of rotatable bonds is 4. The van der Waals surface area contributed by atoms with Crippen LogP contribution in [-0.2, 0) is 14.8 Å². The Morgan fingerprint density at radius 3 is 2.39 bits per heavy atom. The maximum absolute atomic E-state index is 12.0. The van der Waals surface area contributed by atoms with E-state index >= 15 is 0 Å². The van der Waals surface area contributed by atoms with Crippen molar-refractivity contribution in [1.82, 2.24) is 10.3 Å². The first-order valence-electron chi connectivity index (χ1n) is 6.81. The fraction of sp³-hybridized carbons (Fsp3) is 0.133. The quantitative estimate of drug-likeness (QED) is 0.808. The van der Waals surface area contributed by atoms with Gasteiger partial charge in [-0.2, -0.15) is 0 Å². The Kier molecular flexibility index (Phi) is 4.18. The Morgan fingerprint density at radius 2 is 1.65 bits per heavy atom. The second-order valence-corrected chi connectivity index (χ2v) is 6.45. The van der Waals surface area contributed by atoms with Gasteiger partial charge < -0.3 is 9.47 Å². The molecule has 0 fully saturated rings. The van der Waals surface area contributed by atoms with Crippen molar-refractivity contribution in [2.45, 2.75) is 11.0 Å². The van der Waals surface area contributed by atoms with E-state index in [9.17, 15) is 13.2 Å². The van der Waals surface area contributed by atoms with Crippen molar-refractivity contribution in [1.29, 1.82) is 0 Å². The highest BCUT2D eigenvalue weighted by Crippen LogP contribution is 2.30. The van der Waals surface area contributed by atoms with Crippen molar-refractivity contribution in [3.8, 4) is 11.5 Å². The summed E-state index contributed by atoms with van der Waals surface area (Å²) < 4.78 is 34.9. The molecule has 2 aromatic carbocycles. The molecule has 7 nitrogen and oxygen atoms in total. The van der Waals surface area contributed by atoms with Gasteiger partial charge in [0.1, 0.15) is 6.61 Å². The molecule has 0 unspecified atom stereocenters. The van der Waals surface area contributed by atoms with Crippen LogP contribution in [0.4, 0.5) is 0 Å². The van der Waals surface area contributed by atoms with Crippen LogP contribution in [0.5, 0.6) is 11.5 Å². The van der Waals surface area contributed by atoms with Crippen molar-refractivity contribution < 1.29 is 22.7 Å². The second-order valence-electron chi connectivity index (χ2n) is 4.77. The normalized spacial score (nSPS) is 16.6. The van der Waals surface area contributed by atoms with E-state index in [0.29, 0.717) is 11.5 Å². The van der Waals surface area contributed by atoms with Gasteiger partial charge >= 0.3 is 0 Å². The zero-order valence-electron chi connectivity index (χ0n) is 11.9. The number of hydrazine groups is 1. The Balaban J connectivity index is 1.63.